The second-order valence-corrected chi connectivity index (χ2v) is 6.47. The van der Waals surface area contributed by atoms with Crippen molar-refractivity contribution in [2.24, 2.45) is 5.92 Å². The normalized spacial score (nSPS) is 22.6. The average Bonchev–Trinajstić information content (AvgIpc) is 2.74. The van der Waals surface area contributed by atoms with Crippen LogP contribution in [0.25, 0.3) is 0 Å². The number of para-hydroxylation sites is 2. The summed E-state index contributed by atoms with van der Waals surface area (Å²) in [7, 11) is 0. The zero-order valence-electron chi connectivity index (χ0n) is 14.2. The maximum absolute atomic E-state index is 12.7. The number of carbonyl (C=O) groups is 3. The fraction of sp³-hybridized carbons (Fsp3) is 0.421. The lowest BCUT2D eigenvalue weighted by molar-refractivity contribution is -0.152. The monoisotopic (exact) mass is 342 g/mol. The van der Waals surface area contributed by atoms with Crippen molar-refractivity contribution >= 4 is 29.2 Å². The number of hydrogen-bond donors (Lipinski definition) is 1. The van der Waals surface area contributed by atoms with Crippen LogP contribution >= 0.6 is 0 Å². The predicted octanol–water partition coefficient (Wildman–Crippen LogP) is 2.65. The van der Waals surface area contributed by atoms with Gasteiger partial charge in [0.05, 0.1) is 17.3 Å². The van der Waals surface area contributed by atoms with Gasteiger partial charge < -0.3 is 15.0 Å². The number of anilines is 2. The molecule has 0 radical (unpaired) electrons. The first-order valence-electron chi connectivity index (χ1n) is 8.59. The number of allylic oxidation sites excluding steroid dienone is 2. The van der Waals surface area contributed by atoms with Gasteiger partial charge in [-0.05, 0) is 38.3 Å². The zero-order valence-corrected chi connectivity index (χ0v) is 14.2. The maximum Gasteiger partial charge on any atom is 0.309 e. The van der Waals surface area contributed by atoms with Crippen LogP contribution in [-0.4, -0.2) is 30.4 Å². The van der Waals surface area contributed by atoms with Gasteiger partial charge in [-0.15, -0.1) is 0 Å². The van der Waals surface area contributed by atoms with Crippen molar-refractivity contribution in [1.29, 1.82) is 0 Å². The van der Waals surface area contributed by atoms with Crippen molar-refractivity contribution in [3.05, 3.63) is 36.4 Å². The molecule has 0 unspecified atom stereocenters. The van der Waals surface area contributed by atoms with Crippen LogP contribution in [0.5, 0.6) is 0 Å². The van der Waals surface area contributed by atoms with Crippen molar-refractivity contribution in [3.63, 3.8) is 0 Å². The highest BCUT2D eigenvalue weighted by Gasteiger charge is 2.30. The third kappa shape index (κ3) is 3.90. The summed E-state index contributed by atoms with van der Waals surface area (Å²) in [6.07, 6.45) is 6.50. The third-order valence-electron chi connectivity index (χ3n) is 4.57. The minimum Gasteiger partial charge on any atom is -0.455 e. The van der Waals surface area contributed by atoms with E-state index in [1.54, 1.807) is 23.1 Å². The Morgan fingerprint density at radius 1 is 1.28 bits per heavy atom. The molecule has 0 fully saturated rings. The van der Waals surface area contributed by atoms with Crippen molar-refractivity contribution in [1.82, 2.24) is 0 Å². The maximum atomic E-state index is 12.7. The molecule has 132 valence electrons. The van der Waals surface area contributed by atoms with Gasteiger partial charge >= 0.3 is 5.97 Å². The number of hydrogen-bond acceptors (Lipinski definition) is 4. The van der Waals surface area contributed by atoms with E-state index in [4.69, 9.17) is 4.74 Å². The molecule has 25 heavy (non-hydrogen) atoms. The summed E-state index contributed by atoms with van der Waals surface area (Å²) >= 11 is 0. The standard InChI is InChI=1S/C19H22N2O4/c1-13-11-17(22)20-15-9-5-6-10-16(15)21(13)18(23)12-25-19(24)14-7-3-2-4-8-14/h2-3,5-6,9-10,13-14H,4,7-8,11-12H2,1H3,(H,20,22)/t13-,14+/m1/s1. The van der Waals surface area contributed by atoms with Gasteiger partial charge in [-0.25, -0.2) is 0 Å². The minimum absolute atomic E-state index is 0.138. The molecule has 1 N–H and O–H groups in total. The largest absolute Gasteiger partial charge is 0.455 e. The Hall–Kier alpha value is -2.63. The molecule has 2 aliphatic rings. The number of amides is 2. The lowest BCUT2D eigenvalue weighted by Crippen LogP contribution is -2.41. The van der Waals surface area contributed by atoms with E-state index < -0.39 is 0 Å². The molecule has 1 heterocycles. The molecule has 1 aliphatic carbocycles. The molecule has 0 aromatic heterocycles. The van der Waals surface area contributed by atoms with Crippen LogP contribution < -0.4 is 10.2 Å². The van der Waals surface area contributed by atoms with Gasteiger partial charge in [0.15, 0.2) is 6.61 Å². The number of carbonyl (C=O) groups excluding carboxylic acids is 3. The van der Waals surface area contributed by atoms with E-state index in [-0.39, 0.29) is 42.8 Å². The second kappa shape index (κ2) is 7.51. The number of esters is 1. The molecule has 3 rings (SSSR count). The van der Waals surface area contributed by atoms with Crippen LogP contribution in [0, 0.1) is 5.92 Å². The smallest absolute Gasteiger partial charge is 0.309 e. The molecule has 1 aromatic carbocycles. The van der Waals surface area contributed by atoms with E-state index in [0.717, 1.165) is 12.8 Å². The molecule has 2 atom stereocenters. The van der Waals surface area contributed by atoms with Crippen LogP contribution in [0.2, 0.25) is 0 Å². The molecule has 6 nitrogen and oxygen atoms in total. The van der Waals surface area contributed by atoms with Crippen LogP contribution in [0.3, 0.4) is 0 Å². The van der Waals surface area contributed by atoms with Crippen LogP contribution in [-0.2, 0) is 19.1 Å². The summed E-state index contributed by atoms with van der Waals surface area (Å²) in [5.41, 5.74) is 1.22. The van der Waals surface area contributed by atoms with E-state index in [9.17, 15) is 14.4 Å². The van der Waals surface area contributed by atoms with E-state index >= 15 is 0 Å². The highest BCUT2D eigenvalue weighted by atomic mass is 16.5. The molecule has 0 saturated carbocycles. The van der Waals surface area contributed by atoms with Crippen LogP contribution in [0.1, 0.15) is 32.6 Å². The summed E-state index contributed by atoms with van der Waals surface area (Å²) in [6.45, 7) is 1.50. The van der Waals surface area contributed by atoms with Gasteiger partial charge in [0.1, 0.15) is 0 Å². The number of ether oxygens (including phenoxy) is 1. The average molecular weight is 342 g/mol. The Bertz CT molecular complexity index is 713. The molecule has 1 aromatic rings. The molecular weight excluding hydrogens is 320 g/mol. The SMILES string of the molecule is C[C@@H]1CC(=O)Nc2ccccc2N1C(=O)COC(=O)[C@H]1CC=CCC1. The molecule has 0 saturated heterocycles. The molecule has 1 aliphatic heterocycles. The highest BCUT2D eigenvalue weighted by Crippen LogP contribution is 2.31. The van der Waals surface area contributed by atoms with Gasteiger partial charge in [-0.3, -0.25) is 14.4 Å². The summed E-state index contributed by atoms with van der Waals surface area (Å²) in [5, 5.41) is 2.81. The Morgan fingerprint density at radius 2 is 2.08 bits per heavy atom. The molecule has 0 spiro atoms. The van der Waals surface area contributed by atoms with Crippen molar-refractivity contribution in [2.45, 2.75) is 38.6 Å². The number of nitrogens with zero attached hydrogens (tertiary/aromatic N) is 1. The molecule has 0 bridgehead atoms. The Labute approximate surface area is 146 Å². The summed E-state index contributed by atoms with van der Waals surface area (Å²) in [6, 6.07) is 6.83. The Balaban J connectivity index is 1.71. The van der Waals surface area contributed by atoms with Crippen molar-refractivity contribution in [2.75, 3.05) is 16.8 Å². The van der Waals surface area contributed by atoms with E-state index in [0.29, 0.717) is 17.8 Å². The fourth-order valence-corrected chi connectivity index (χ4v) is 3.30. The predicted molar refractivity (Wildman–Crippen MR) is 94.1 cm³/mol. The van der Waals surface area contributed by atoms with Gasteiger partial charge in [-0.1, -0.05) is 24.3 Å². The third-order valence-corrected chi connectivity index (χ3v) is 4.57. The van der Waals surface area contributed by atoms with Crippen LogP contribution in [0.4, 0.5) is 11.4 Å². The summed E-state index contributed by atoms with van der Waals surface area (Å²) in [4.78, 5) is 38.4. The summed E-state index contributed by atoms with van der Waals surface area (Å²) in [5.74, 6) is -0.963. The molecular formula is C19H22N2O4. The Kier molecular flexibility index (Phi) is 5.16. The van der Waals surface area contributed by atoms with Gasteiger partial charge in [0, 0.05) is 12.5 Å². The topological polar surface area (TPSA) is 75.7 Å². The first-order chi connectivity index (χ1) is 12.1. The van der Waals surface area contributed by atoms with E-state index in [1.807, 2.05) is 19.1 Å². The molecule has 2 amide bonds. The van der Waals surface area contributed by atoms with E-state index in [1.165, 1.54) is 0 Å². The van der Waals surface area contributed by atoms with Crippen molar-refractivity contribution < 1.29 is 19.1 Å². The van der Waals surface area contributed by atoms with Gasteiger partial charge in [-0.2, -0.15) is 0 Å². The van der Waals surface area contributed by atoms with Crippen LogP contribution in [0.15, 0.2) is 36.4 Å². The lowest BCUT2D eigenvalue weighted by atomic mass is 9.95. The lowest BCUT2D eigenvalue weighted by Gasteiger charge is -2.28. The summed E-state index contributed by atoms with van der Waals surface area (Å²) < 4.78 is 5.26. The fourth-order valence-electron chi connectivity index (χ4n) is 3.30. The zero-order chi connectivity index (χ0) is 17.8. The second-order valence-electron chi connectivity index (χ2n) is 6.47. The number of fused-ring (bicyclic) bond motifs is 1. The first-order valence-corrected chi connectivity index (χ1v) is 8.59. The van der Waals surface area contributed by atoms with Gasteiger partial charge in [0.2, 0.25) is 5.91 Å². The number of nitrogens with one attached hydrogen (secondary N) is 1. The van der Waals surface area contributed by atoms with Crippen molar-refractivity contribution in [3.8, 4) is 0 Å². The quantitative estimate of drug-likeness (QED) is 0.677. The minimum atomic E-state index is -0.331. The highest BCUT2D eigenvalue weighted by molar-refractivity contribution is 6.05. The number of rotatable bonds is 3. The molecule has 6 heteroatoms. The van der Waals surface area contributed by atoms with E-state index in [2.05, 4.69) is 11.4 Å². The Morgan fingerprint density at radius 3 is 2.84 bits per heavy atom. The number of benzene rings is 1. The first kappa shape index (κ1) is 17.2. The van der Waals surface area contributed by atoms with Gasteiger partial charge in [0.25, 0.3) is 5.91 Å².